The molecular weight excluding hydrogens is 281 g/mol. The number of sulfone groups is 1. The van der Waals surface area contributed by atoms with Gasteiger partial charge < -0.3 is 5.32 Å². The maximum Gasteiger partial charge on any atom is 0.221 e. The predicted octanol–water partition coefficient (Wildman–Crippen LogP) is 2.05. The van der Waals surface area contributed by atoms with Crippen molar-refractivity contribution in [1.82, 2.24) is 5.32 Å². The first-order valence-corrected chi connectivity index (χ1v) is 8.47. The summed E-state index contributed by atoms with van der Waals surface area (Å²) >= 11 is 0. The van der Waals surface area contributed by atoms with Crippen LogP contribution in [0.3, 0.4) is 0 Å². The molecule has 0 unspecified atom stereocenters. The Balaban J connectivity index is 2.46. The molecule has 1 N–H and O–H groups in total. The normalized spacial score (nSPS) is 11.3. The zero-order valence-corrected chi connectivity index (χ0v) is 12.4. The lowest BCUT2D eigenvalue weighted by Gasteiger charge is -2.06. The van der Waals surface area contributed by atoms with E-state index in [0.717, 1.165) is 12.8 Å². The summed E-state index contributed by atoms with van der Waals surface area (Å²) in [7, 11) is -3.48. The highest BCUT2D eigenvalue weighted by molar-refractivity contribution is 7.90. The van der Waals surface area contributed by atoms with E-state index in [9.17, 15) is 17.6 Å². The first kappa shape index (κ1) is 16.6. The third kappa shape index (κ3) is 6.14. The van der Waals surface area contributed by atoms with Crippen LogP contribution in [0.25, 0.3) is 0 Å². The van der Waals surface area contributed by atoms with Crippen LogP contribution in [-0.2, 0) is 20.4 Å². The number of carbonyl (C=O) groups excluding carboxylic acids is 1. The summed E-state index contributed by atoms with van der Waals surface area (Å²) in [5.41, 5.74) is 0.138. The van der Waals surface area contributed by atoms with E-state index in [-0.39, 0.29) is 29.4 Å². The van der Waals surface area contributed by atoms with Crippen molar-refractivity contribution in [2.75, 3.05) is 12.3 Å². The average molecular weight is 301 g/mol. The lowest BCUT2D eigenvalue weighted by molar-refractivity contribution is -0.120. The van der Waals surface area contributed by atoms with Gasteiger partial charge in [0, 0.05) is 18.5 Å². The van der Waals surface area contributed by atoms with Crippen LogP contribution in [0, 0.1) is 5.82 Å². The molecule has 0 aliphatic rings. The van der Waals surface area contributed by atoms with Crippen LogP contribution < -0.4 is 5.32 Å². The molecule has 4 nitrogen and oxygen atoms in total. The zero-order valence-electron chi connectivity index (χ0n) is 11.6. The van der Waals surface area contributed by atoms with Gasteiger partial charge in [-0.05, 0) is 12.5 Å². The van der Waals surface area contributed by atoms with Gasteiger partial charge in [-0.1, -0.05) is 31.5 Å². The van der Waals surface area contributed by atoms with Gasteiger partial charge in [0.25, 0.3) is 0 Å². The van der Waals surface area contributed by atoms with E-state index < -0.39 is 15.7 Å². The van der Waals surface area contributed by atoms with Crippen LogP contribution in [0.1, 0.15) is 31.7 Å². The van der Waals surface area contributed by atoms with Crippen LogP contribution in [0.15, 0.2) is 24.3 Å². The molecule has 0 saturated carbocycles. The van der Waals surface area contributed by atoms with Crippen molar-refractivity contribution in [1.29, 1.82) is 0 Å². The van der Waals surface area contributed by atoms with Gasteiger partial charge >= 0.3 is 0 Å². The predicted molar refractivity (Wildman–Crippen MR) is 76.4 cm³/mol. The SMILES string of the molecule is CCCCNC(=O)CCS(=O)(=O)Cc1ccccc1F. The topological polar surface area (TPSA) is 63.2 Å². The molecule has 6 heteroatoms. The summed E-state index contributed by atoms with van der Waals surface area (Å²) in [6.07, 6.45) is 1.75. The number of hydrogen-bond acceptors (Lipinski definition) is 3. The number of carbonyl (C=O) groups is 1. The summed E-state index contributed by atoms with van der Waals surface area (Å²) < 4.78 is 37.1. The Morgan fingerprint density at radius 2 is 2.00 bits per heavy atom. The fourth-order valence-corrected chi connectivity index (χ4v) is 3.01. The van der Waals surface area contributed by atoms with E-state index in [1.54, 1.807) is 6.07 Å². The molecule has 0 atom stereocenters. The first-order chi connectivity index (χ1) is 9.44. The van der Waals surface area contributed by atoms with E-state index in [4.69, 9.17) is 0 Å². The van der Waals surface area contributed by atoms with E-state index >= 15 is 0 Å². The van der Waals surface area contributed by atoms with Crippen LogP contribution in [0.4, 0.5) is 4.39 Å². The Hall–Kier alpha value is -1.43. The van der Waals surface area contributed by atoms with E-state index in [0.29, 0.717) is 6.54 Å². The maximum atomic E-state index is 13.4. The minimum atomic E-state index is -3.48. The number of rotatable bonds is 8. The Kier molecular flexibility index (Phi) is 6.64. The molecule has 0 aliphatic carbocycles. The van der Waals surface area contributed by atoms with Gasteiger partial charge in [0.1, 0.15) is 5.82 Å². The zero-order chi connectivity index (χ0) is 15.0. The number of unbranched alkanes of at least 4 members (excludes halogenated alkanes) is 1. The first-order valence-electron chi connectivity index (χ1n) is 6.65. The molecule has 0 heterocycles. The number of hydrogen-bond donors (Lipinski definition) is 1. The van der Waals surface area contributed by atoms with Gasteiger partial charge in [0.05, 0.1) is 11.5 Å². The molecule has 20 heavy (non-hydrogen) atoms. The quantitative estimate of drug-likeness (QED) is 0.747. The Morgan fingerprint density at radius 3 is 2.65 bits per heavy atom. The Morgan fingerprint density at radius 1 is 1.30 bits per heavy atom. The highest BCUT2D eigenvalue weighted by Gasteiger charge is 2.16. The summed E-state index contributed by atoms with van der Waals surface area (Å²) in [4.78, 5) is 11.4. The van der Waals surface area contributed by atoms with Gasteiger partial charge in [-0.2, -0.15) is 0 Å². The third-order valence-electron chi connectivity index (χ3n) is 2.83. The Bertz CT molecular complexity index is 543. The second-order valence-electron chi connectivity index (χ2n) is 4.64. The minimum absolute atomic E-state index is 0.0828. The summed E-state index contributed by atoms with van der Waals surface area (Å²) in [5, 5.41) is 2.65. The summed E-state index contributed by atoms with van der Waals surface area (Å²) in [6.45, 7) is 2.56. The molecule has 1 amide bonds. The largest absolute Gasteiger partial charge is 0.356 e. The van der Waals surface area contributed by atoms with Gasteiger partial charge in [-0.3, -0.25) is 4.79 Å². The van der Waals surface area contributed by atoms with E-state index in [2.05, 4.69) is 5.32 Å². The minimum Gasteiger partial charge on any atom is -0.356 e. The molecule has 0 radical (unpaired) electrons. The number of amides is 1. The van der Waals surface area contributed by atoms with Crippen molar-refractivity contribution in [3.05, 3.63) is 35.6 Å². The van der Waals surface area contributed by atoms with Crippen molar-refractivity contribution in [2.45, 2.75) is 31.9 Å². The van der Waals surface area contributed by atoms with Gasteiger partial charge in [0.2, 0.25) is 5.91 Å². The number of halogens is 1. The van der Waals surface area contributed by atoms with Gasteiger partial charge in [-0.15, -0.1) is 0 Å². The molecule has 0 fully saturated rings. The second kappa shape index (κ2) is 7.99. The highest BCUT2D eigenvalue weighted by Crippen LogP contribution is 2.11. The monoisotopic (exact) mass is 301 g/mol. The molecule has 0 aromatic heterocycles. The third-order valence-corrected chi connectivity index (χ3v) is 4.40. The van der Waals surface area contributed by atoms with Gasteiger partial charge in [-0.25, -0.2) is 12.8 Å². The van der Waals surface area contributed by atoms with Crippen molar-refractivity contribution in [3.8, 4) is 0 Å². The van der Waals surface area contributed by atoms with Crippen molar-refractivity contribution in [3.63, 3.8) is 0 Å². The lowest BCUT2D eigenvalue weighted by atomic mass is 10.2. The average Bonchev–Trinajstić information content (AvgIpc) is 2.39. The standard InChI is InChI=1S/C14H20FNO3S/c1-2-3-9-16-14(17)8-10-20(18,19)11-12-6-4-5-7-13(12)15/h4-7H,2-3,8-11H2,1H3,(H,16,17). The molecule has 112 valence electrons. The fraction of sp³-hybridized carbons (Fsp3) is 0.500. The molecule has 1 aromatic rings. The van der Waals surface area contributed by atoms with Crippen LogP contribution >= 0.6 is 0 Å². The lowest BCUT2D eigenvalue weighted by Crippen LogP contribution is -2.26. The molecule has 1 rings (SSSR count). The molecule has 1 aromatic carbocycles. The van der Waals surface area contributed by atoms with E-state index in [1.165, 1.54) is 18.2 Å². The van der Waals surface area contributed by atoms with Crippen molar-refractivity contribution in [2.24, 2.45) is 0 Å². The van der Waals surface area contributed by atoms with Crippen LogP contribution in [0.2, 0.25) is 0 Å². The maximum absolute atomic E-state index is 13.4. The molecule has 0 aliphatic heterocycles. The molecule has 0 bridgehead atoms. The number of nitrogens with one attached hydrogen (secondary N) is 1. The molecule has 0 saturated heterocycles. The summed E-state index contributed by atoms with van der Waals surface area (Å²) in [5.74, 6) is -1.46. The summed E-state index contributed by atoms with van der Waals surface area (Å²) in [6, 6.07) is 5.76. The fourth-order valence-electron chi connectivity index (χ4n) is 1.67. The smallest absolute Gasteiger partial charge is 0.221 e. The van der Waals surface area contributed by atoms with Crippen molar-refractivity contribution < 1.29 is 17.6 Å². The van der Waals surface area contributed by atoms with Crippen LogP contribution in [-0.4, -0.2) is 26.6 Å². The van der Waals surface area contributed by atoms with Crippen molar-refractivity contribution >= 4 is 15.7 Å². The second-order valence-corrected chi connectivity index (χ2v) is 6.82. The number of benzene rings is 1. The highest BCUT2D eigenvalue weighted by atomic mass is 32.2. The Labute approximate surface area is 119 Å². The molecular formula is C14H20FNO3S. The molecule has 0 spiro atoms. The van der Waals surface area contributed by atoms with E-state index in [1.807, 2.05) is 6.92 Å². The van der Waals surface area contributed by atoms with Crippen LogP contribution in [0.5, 0.6) is 0 Å². The van der Waals surface area contributed by atoms with Gasteiger partial charge in [0.15, 0.2) is 9.84 Å².